The van der Waals surface area contributed by atoms with Crippen LogP contribution in [0.25, 0.3) is 0 Å². The highest BCUT2D eigenvalue weighted by Gasteiger charge is 2.30. The molecule has 3 atom stereocenters. The molecule has 1 heterocycles. The van der Waals surface area contributed by atoms with Crippen LogP contribution in [0.2, 0.25) is 0 Å². The van der Waals surface area contributed by atoms with Crippen molar-refractivity contribution in [3.63, 3.8) is 0 Å². The molecule has 0 aromatic carbocycles. The van der Waals surface area contributed by atoms with Gasteiger partial charge in [-0.2, -0.15) is 0 Å². The van der Waals surface area contributed by atoms with E-state index in [0.717, 1.165) is 19.0 Å². The zero-order chi connectivity index (χ0) is 10.8. The summed E-state index contributed by atoms with van der Waals surface area (Å²) in [5, 5.41) is 9.79. The van der Waals surface area contributed by atoms with E-state index in [0.29, 0.717) is 5.92 Å². The second-order valence-electron chi connectivity index (χ2n) is 5.42. The van der Waals surface area contributed by atoms with E-state index in [1.807, 2.05) is 0 Å². The Balaban J connectivity index is 1.77. The number of nitrogens with zero attached hydrogens (tertiary/aromatic N) is 2. The topological polar surface area (TPSA) is 26.7 Å². The molecule has 15 heavy (non-hydrogen) atoms. The SMILES string of the molecule is CN(C)C1CCN(CC2CCCC2O)C1. The lowest BCUT2D eigenvalue weighted by Gasteiger charge is -2.24. The van der Waals surface area contributed by atoms with Crippen LogP contribution in [0.3, 0.4) is 0 Å². The monoisotopic (exact) mass is 212 g/mol. The van der Waals surface area contributed by atoms with Crippen LogP contribution in [0.5, 0.6) is 0 Å². The number of likely N-dealkylation sites (N-methyl/N-ethyl adjacent to an activating group) is 1. The second-order valence-corrected chi connectivity index (χ2v) is 5.42. The molecule has 2 rings (SSSR count). The first-order valence-corrected chi connectivity index (χ1v) is 6.23. The summed E-state index contributed by atoms with van der Waals surface area (Å²) in [6, 6.07) is 0.726. The van der Waals surface area contributed by atoms with Gasteiger partial charge in [-0.05, 0) is 45.8 Å². The number of hydrogen-bond donors (Lipinski definition) is 1. The van der Waals surface area contributed by atoms with Gasteiger partial charge in [-0.25, -0.2) is 0 Å². The zero-order valence-electron chi connectivity index (χ0n) is 10.0. The summed E-state index contributed by atoms with van der Waals surface area (Å²) in [7, 11) is 4.33. The van der Waals surface area contributed by atoms with Crippen LogP contribution in [-0.4, -0.2) is 60.8 Å². The lowest BCUT2D eigenvalue weighted by atomic mass is 10.1. The van der Waals surface area contributed by atoms with Crippen molar-refractivity contribution in [2.75, 3.05) is 33.7 Å². The van der Waals surface area contributed by atoms with Gasteiger partial charge in [0.05, 0.1) is 6.10 Å². The van der Waals surface area contributed by atoms with Crippen LogP contribution in [0, 0.1) is 5.92 Å². The van der Waals surface area contributed by atoms with Crippen LogP contribution in [0.1, 0.15) is 25.7 Å². The van der Waals surface area contributed by atoms with E-state index in [1.54, 1.807) is 0 Å². The van der Waals surface area contributed by atoms with Gasteiger partial charge in [0.2, 0.25) is 0 Å². The molecule has 0 bridgehead atoms. The number of aliphatic hydroxyl groups excluding tert-OH is 1. The summed E-state index contributed by atoms with van der Waals surface area (Å²) in [6.45, 7) is 3.52. The maximum Gasteiger partial charge on any atom is 0.0580 e. The molecule has 3 heteroatoms. The van der Waals surface area contributed by atoms with Crippen LogP contribution < -0.4 is 0 Å². The van der Waals surface area contributed by atoms with Gasteiger partial charge >= 0.3 is 0 Å². The Hall–Kier alpha value is -0.120. The minimum Gasteiger partial charge on any atom is -0.393 e. The molecule has 3 nitrogen and oxygen atoms in total. The average molecular weight is 212 g/mol. The summed E-state index contributed by atoms with van der Waals surface area (Å²) in [4.78, 5) is 4.86. The largest absolute Gasteiger partial charge is 0.393 e. The van der Waals surface area contributed by atoms with Gasteiger partial charge in [0, 0.05) is 19.1 Å². The Kier molecular flexibility index (Phi) is 3.65. The van der Waals surface area contributed by atoms with Gasteiger partial charge in [0.25, 0.3) is 0 Å². The van der Waals surface area contributed by atoms with Crippen molar-refractivity contribution in [3.05, 3.63) is 0 Å². The molecular formula is C12H24N2O. The molecule has 0 radical (unpaired) electrons. The number of likely N-dealkylation sites (tertiary alicyclic amines) is 1. The number of hydrogen-bond acceptors (Lipinski definition) is 3. The molecule has 2 fully saturated rings. The molecule has 0 spiro atoms. The van der Waals surface area contributed by atoms with E-state index < -0.39 is 0 Å². The average Bonchev–Trinajstić information content (AvgIpc) is 2.77. The van der Waals surface area contributed by atoms with Crippen LogP contribution >= 0.6 is 0 Å². The van der Waals surface area contributed by atoms with E-state index in [2.05, 4.69) is 23.9 Å². The lowest BCUT2D eigenvalue weighted by molar-refractivity contribution is 0.107. The van der Waals surface area contributed by atoms with Crippen molar-refractivity contribution in [1.29, 1.82) is 0 Å². The molecule has 3 unspecified atom stereocenters. The molecule has 1 aliphatic heterocycles. The summed E-state index contributed by atoms with van der Waals surface area (Å²) in [5.41, 5.74) is 0. The summed E-state index contributed by atoms with van der Waals surface area (Å²) in [5.74, 6) is 0.547. The van der Waals surface area contributed by atoms with E-state index in [-0.39, 0.29) is 6.10 Å². The predicted molar refractivity (Wildman–Crippen MR) is 61.9 cm³/mol. The van der Waals surface area contributed by atoms with E-state index in [4.69, 9.17) is 0 Å². The number of rotatable bonds is 3. The standard InChI is InChI=1S/C12H24N2O/c1-13(2)11-6-7-14(9-11)8-10-4-3-5-12(10)15/h10-12,15H,3-9H2,1-2H3. The fraction of sp³-hybridized carbons (Fsp3) is 1.00. The summed E-state index contributed by atoms with van der Waals surface area (Å²) in [6.07, 6.45) is 4.73. The van der Waals surface area contributed by atoms with Crippen molar-refractivity contribution >= 4 is 0 Å². The molecule has 1 aliphatic carbocycles. The Labute approximate surface area is 93.1 Å². The van der Waals surface area contributed by atoms with Crippen molar-refractivity contribution in [2.24, 2.45) is 5.92 Å². The van der Waals surface area contributed by atoms with Crippen molar-refractivity contribution < 1.29 is 5.11 Å². The third-order valence-electron chi connectivity index (χ3n) is 4.09. The van der Waals surface area contributed by atoms with E-state index >= 15 is 0 Å². The van der Waals surface area contributed by atoms with Gasteiger partial charge in [0.15, 0.2) is 0 Å². The highest BCUT2D eigenvalue weighted by molar-refractivity contribution is 4.85. The van der Waals surface area contributed by atoms with E-state index in [1.165, 1.54) is 32.4 Å². The van der Waals surface area contributed by atoms with E-state index in [9.17, 15) is 5.11 Å². The maximum atomic E-state index is 9.79. The van der Waals surface area contributed by atoms with Crippen molar-refractivity contribution in [2.45, 2.75) is 37.8 Å². The summed E-state index contributed by atoms with van der Waals surface area (Å²) >= 11 is 0. The molecule has 1 saturated heterocycles. The molecule has 88 valence electrons. The van der Waals surface area contributed by atoms with Crippen LogP contribution in [0.15, 0.2) is 0 Å². The molecular weight excluding hydrogens is 188 g/mol. The third kappa shape index (κ3) is 2.71. The highest BCUT2D eigenvalue weighted by atomic mass is 16.3. The van der Waals surface area contributed by atoms with Gasteiger partial charge in [-0.1, -0.05) is 6.42 Å². The molecule has 1 N–H and O–H groups in total. The smallest absolute Gasteiger partial charge is 0.0580 e. The van der Waals surface area contributed by atoms with Crippen LogP contribution in [0.4, 0.5) is 0 Å². The first-order valence-electron chi connectivity index (χ1n) is 6.23. The Morgan fingerprint density at radius 2 is 2.07 bits per heavy atom. The minimum absolute atomic E-state index is 0.0246. The molecule has 0 aromatic heterocycles. The molecule has 1 saturated carbocycles. The second kappa shape index (κ2) is 4.81. The zero-order valence-corrected chi connectivity index (χ0v) is 10.0. The fourth-order valence-corrected chi connectivity index (χ4v) is 2.96. The number of aliphatic hydroxyl groups is 1. The molecule has 0 aromatic rings. The van der Waals surface area contributed by atoms with Crippen LogP contribution in [-0.2, 0) is 0 Å². The quantitative estimate of drug-likeness (QED) is 0.749. The Morgan fingerprint density at radius 1 is 1.27 bits per heavy atom. The van der Waals surface area contributed by atoms with Crippen molar-refractivity contribution in [3.8, 4) is 0 Å². The lowest BCUT2D eigenvalue weighted by Crippen LogP contribution is -2.35. The van der Waals surface area contributed by atoms with Gasteiger partial charge in [-0.15, -0.1) is 0 Å². The Morgan fingerprint density at radius 3 is 2.60 bits per heavy atom. The normalized spacial score (nSPS) is 38.0. The molecule has 0 amide bonds. The minimum atomic E-state index is -0.0246. The van der Waals surface area contributed by atoms with Gasteiger partial charge in [-0.3, -0.25) is 0 Å². The molecule has 2 aliphatic rings. The Bertz CT molecular complexity index is 208. The maximum absolute atomic E-state index is 9.79. The van der Waals surface area contributed by atoms with Gasteiger partial charge < -0.3 is 14.9 Å². The van der Waals surface area contributed by atoms with Gasteiger partial charge in [0.1, 0.15) is 0 Å². The summed E-state index contributed by atoms with van der Waals surface area (Å²) < 4.78 is 0. The first kappa shape index (κ1) is 11.4. The third-order valence-corrected chi connectivity index (χ3v) is 4.09. The fourth-order valence-electron chi connectivity index (χ4n) is 2.96. The highest BCUT2D eigenvalue weighted by Crippen LogP contribution is 2.27. The van der Waals surface area contributed by atoms with Crippen molar-refractivity contribution in [1.82, 2.24) is 9.80 Å². The first-order chi connectivity index (χ1) is 7.16. The predicted octanol–water partition coefficient (Wildman–Crippen LogP) is 0.783.